The highest BCUT2D eigenvalue weighted by Crippen LogP contribution is 2.27. The van der Waals surface area contributed by atoms with Gasteiger partial charge in [0.1, 0.15) is 0 Å². The first-order chi connectivity index (χ1) is 7.75. The first-order valence-electron chi connectivity index (χ1n) is 6.28. The summed E-state index contributed by atoms with van der Waals surface area (Å²) in [6.45, 7) is 2.13. The van der Waals surface area contributed by atoms with E-state index in [4.69, 9.17) is 0 Å². The Kier molecular flexibility index (Phi) is 4.28. The molecule has 16 heavy (non-hydrogen) atoms. The van der Waals surface area contributed by atoms with Crippen LogP contribution >= 0.6 is 15.9 Å². The van der Waals surface area contributed by atoms with E-state index in [1.54, 1.807) is 0 Å². The number of hydrogen-bond donors (Lipinski definition) is 1. The van der Waals surface area contributed by atoms with Crippen LogP contribution in [0, 0.1) is 6.92 Å². The molecular weight excluding hydrogens is 262 g/mol. The van der Waals surface area contributed by atoms with E-state index in [1.165, 1.54) is 54.2 Å². The van der Waals surface area contributed by atoms with E-state index in [-0.39, 0.29) is 0 Å². The van der Waals surface area contributed by atoms with Gasteiger partial charge in [-0.1, -0.05) is 31.7 Å². The Balaban J connectivity index is 2.01. The Hall–Kier alpha value is -0.500. The molecule has 0 heterocycles. The molecule has 1 aromatic rings. The normalized spacial score (nSPS) is 18.1. The third-order valence-electron chi connectivity index (χ3n) is 3.34. The van der Waals surface area contributed by atoms with E-state index in [0.717, 1.165) is 0 Å². The largest absolute Gasteiger partial charge is 0.381 e. The highest BCUT2D eigenvalue weighted by molar-refractivity contribution is 9.10. The fourth-order valence-electron chi connectivity index (χ4n) is 2.38. The molecule has 0 aromatic heterocycles. The second-order valence-corrected chi connectivity index (χ2v) is 5.67. The topological polar surface area (TPSA) is 12.0 Å². The van der Waals surface area contributed by atoms with Crippen molar-refractivity contribution < 1.29 is 0 Å². The zero-order chi connectivity index (χ0) is 11.4. The third-order valence-corrected chi connectivity index (χ3v) is 4.00. The lowest BCUT2D eigenvalue weighted by Crippen LogP contribution is -2.18. The molecule has 0 aliphatic heterocycles. The zero-order valence-electron chi connectivity index (χ0n) is 9.93. The van der Waals surface area contributed by atoms with Crippen molar-refractivity contribution >= 4 is 21.6 Å². The molecule has 1 saturated carbocycles. The van der Waals surface area contributed by atoms with Crippen molar-refractivity contribution in [3.05, 3.63) is 28.2 Å². The number of halogens is 1. The molecule has 1 nitrogen and oxygen atoms in total. The van der Waals surface area contributed by atoms with Gasteiger partial charge in [0.15, 0.2) is 0 Å². The van der Waals surface area contributed by atoms with E-state index in [0.29, 0.717) is 6.04 Å². The number of benzene rings is 1. The lowest BCUT2D eigenvalue weighted by molar-refractivity contribution is 0.620. The van der Waals surface area contributed by atoms with Crippen molar-refractivity contribution in [3.63, 3.8) is 0 Å². The van der Waals surface area contributed by atoms with Gasteiger partial charge in [-0.3, -0.25) is 0 Å². The van der Waals surface area contributed by atoms with E-state index >= 15 is 0 Å². The second kappa shape index (κ2) is 5.72. The van der Waals surface area contributed by atoms with Gasteiger partial charge in [0.2, 0.25) is 0 Å². The van der Waals surface area contributed by atoms with E-state index in [1.807, 2.05) is 0 Å². The molecular formula is C14H20BrN. The highest BCUT2D eigenvalue weighted by atomic mass is 79.9. The van der Waals surface area contributed by atoms with Gasteiger partial charge in [0.25, 0.3) is 0 Å². The van der Waals surface area contributed by atoms with Crippen LogP contribution in [0.15, 0.2) is 22.7 Å². The summed E-state index contributed by atoms with van der Waals surface area (Å²) in [5.74, 6) is 0. The van der Waals surface area contributed by atoms with Crippen LogP contribution in [0.2, 0.25) is 0 Å². The van der Waals surface area contributed by atoms with Crippen molar-refractivity contribution in [2.45, 2.75) is 51.5 Å². The monoisotopic (exact) mass is 281 g/mol. The molecule has 2 heteroatoms. The molecule has 88 valence electrons. The number of nitrogens with one attached hydrogen (secondary N) is 1. The van der Waals surface area contributed by atoms with Gasteiger partial charge in [-0.15, -0.1) is 0 Å². The standard InChI is InChI=1S/C14H20BrN/c1-11-8-9-14(13(15)10-11)16-12-6-4-2-3-5-7-12/h8-10,12,16H,2-7H2,1H3. The summed E-state index contributed by atoms with van der Waals surface area (Å²) in [6.07, 6.45) is 8.21. The van der Waals surface area contributed by atoms with E-state index in [9.17, 15) is 0 Å². The third kappa shape index (κ3) is 3.24. The minimum absolute atomic E-state index is 0.668. The molecule has 0 amide bonds. The average Bonchev–Trinajstić information content (AvgIpc) is 2.51. The van der Waals surface area contributed by atoms with Crippen LogP contribution in [-0.2, 0) is 0 Å². The lowest BCUT2D eigenvalue weighted by atomic mass is 10.1. The van der Waals surface area contributed by atoms with Crippen LogP contribution in [0.3, 0.4) is 0 Å². The van der Waals surface area contributed by atoms with Crippen molar-refractivity contribution in [1.82, 2.24) is 0 Å². The van der Waals surface area contributed by atoms with Crippen molar-refractivity contribution in [2.75, 3.05) is 5.32 Å². The summed E-state index contributed by atoms with van der Waals surface area (Å²) in [6, 6.07) is 7.20. The minimum atomic E-state index is 0.668. The Morgan fingerprint density at radius 2 is 1.81 bits per heavy atom. The molecule has 0 atom stereocenters. The Labute approximate surface area is 107 Å². The summed E-state index contributed by atoms with van der Waals surface area (Å²) >= 11 is 3.63. The average molecular weight is 282 g/mol. The number of aryl methyl sites for hydroxylation is 1. The molecule has 0 radical (unpaired) electrons. The van der Waals surface area contributed by atoms with E-state index < -0.39 is 0 Å². The number of hydrogen-bond acceptors (Lipinski definition) is 1. The smallest absolute Gasteiger partial charge is 0.0486 e. The quantitative estimate of drug-likeness (QED) is 0.761. The molecule has 1 aromatic carbocycles. The molecule has 1 aliphatic carbocycles. The van der Waals surface area contributed by atoms with Gasteiger partial charge in [0.05, 0.1) is 0 Å². The summed E-state index contributed by atoms with van der Waals surface area (Å²) < 4.78 is 1.19. The lowest BCUT2D eigenvalue weighted by Gasteiger charge is -2.18. The molecule has 0 saturated heterocycles. The predicted octanol–water partition coefficient (Wildman–Crippen LogP) is 4.89. The molecule has 2 rings (SSSR count). The Morgan fingerprint density at radius 1 is 1.12 bits per heavy atom. The van der Waals surface area contributed by atoms with Crippen LogP contribution in [0.25, 0.3) is 0 Å². The van der Waals surface area contributed by atoms with Crippen LogP contribution in [0.1, 0.15) is 44.1 Å². The molecule has 0 spiro atoms. The number of anilines is 1. The van der Waals surface area contributed by atoms with Crippen LogP contribution in [-0.4, -0.2) is 6.04 Å². The van der Waals surface area contributed by atoms with Gasteiger partial charge in [-0.2, -0.15) is 0 Å². The van der Waals surface area contributed by atoms with Crippen molar-refractivity contribution in [3.8, 4) is 0 Å². The second-order valence-electron chi connectivity index (χ2n) is 4.82. The first kappa shape index (κ1) is 12.0. The molecule has 0 unspecified atom stereocenters. The van der Waals surface area contributed by atoms with Gasteiger partial charge < -0.3 is 5.32 Å². The molecule has 0 bridgehead atoms. The highest BCUT2D eigenvalue weighted by Gasteiger charge is 2.12. The van der Waals surface area contributed by atoms with E-state index in [2.05, 4.69) is 46.4 Å². The molecule has 1 fully saturated rings. The molecule has 1 N–H and O–H groups in total. The minimum Gasteiger partial charge on any atom is -0.381 e. The van der Waals surface area contributed by atoms with Crippen molar-refractivity contribution in [2.24, 2.45) is 0 Å². The van der Waals surface area contributed by atoms with Crippen LogP contribution < -0.4 is 5.32 Å². The summed E-state index contributed by atoms with van der Waals surface area (Å²) in [5.41, 5.74) is 2.55. The number of rotatable bonds is 2. The first-order valence-corrected chi connectivity index (χ1v) is 7.08. The van der Waals surface area contributed by atoms with Gasteiger partial charge in [-0.05, 0) is 53.4 Å². The maximum Gasteiger partial charge on any atom is 0.0486 e. The predicted molar refractivity (Wildman–Crippen MR) is 74.0 cm³/mol. The maximum absolute atomic E-state index is 3.67. The zero-order valence-corrected chi connectivity index (χ0v) is 11.5. The Bertz CT molecular complexity index is 341. The van der Waals surface area contributed by atoms with Crippen LogP contribution in [0.5, 0.6) is 0 Å². The summed E-state index contributed by atoms with van der Waals surface area (Å²) in [4.78, 5) is 0. The van der Waals surface area contributed by atoms with Crippen molar-refractivity contribution in [1.29, 1.82) is 0 Å². The fourth-order valence-corrected chi connectivity index (χ4v) is 2.99. The maximum atomic E-state index is 3.67. The Morgan fingerprint density at radius 3 is 2.44 bits per heavy atom. The van der Waals surface area contributed by atoms with Gasteiger partial charge >= 0.3 is 0 Å². The van der Waals surface area contributed by atoms with Gasteiger partial charge in [0, 0.05) is 16.2 Å². The summed E-state index contributed by atoms with van der Waals surface area (Å²) in [7, 11) is 0. The summed E-state index contributed by atoms with van der Waals surface area (Å²) in [5, 5.41) is 3.67. The van der Waals surface area contributed by atoms with Gasteiger partial charge in [-0.25, -0.2) is 0 Å². The SMILES string of the molecule is Cc1ccc(NC2CCCCCC2)c(Br)c1. The molecule has 1 aliphatic rings. The fraction of sp³-hybridized carbons (Fsp3) is 0.571. The van der Waals surface area contributed by atoms with Crippen LogP contribution in [0.4, 0.5) is 5.69 Å².